The topological polar surface area (TPSA) is 82.8 Å². The Hall–Kier alpha value is -2.74. The highest BCUT2D eigenvalue weighted by atomic mass is 16.5. The normalized spacial score (nSPS) is 20.7. The third kappa shape index (κ3) is 5.35. The van der Waals surface area contributed by atoms with Crippen LogP contribution in [-0.4, -0.2) is 75.4 Å². The number of likely N-dealkylation sites (tertiary alicyclic amines) is 1. The Morgan fingerprint density at radius 3 is 2.53 bits per heavy atom. The van der Waals surface area contributed by atoms with Crippen molar-refractivity contribution >= 4 is 11.8 Å². The van der Waals surface area contributed by atoms with Gasteiger partial charge in [-0.15, -0.1) is 0 Å². The number of carbonyl (C=O) groups is 2. The number of nitrogens with zero attached hydrogens (tertiary/aromatic N) is 5. The predicted molar refractivity (Wildman–Crippen MR) is 120 cm³/mol. The number of amides is 2. The summed E-state index contributed by atoms with van der Waals surface area (Å²) in [6.45, 7) is 8.68. The number of hydrogen-bond acceptors (Lipinski definition) is 6. The van der Waals surface area contributed by atoms with E-state index in [2.05, 4.69) is 22.0 Å². The lowest BCUT2D eigenvalue weighted by atomic mass is 9.92. The third-order valence-corrected chi connectivity index (χ3v) is 6.68. The molecule has 2 saturated heterocycles. The van der Waals surface area contributed by atoms with Crippen molar-refractivity contribution in [2.24, 2.45) is 5.92 Å². The van der Waals surface area contributed by atoms with E-state index in [4.69, 9.17) is 4.52 Å². The number of rotatable bonds is 7. The monoisotopic (exact) mass is 439 g/mol. The fourth-order valence-corrected chi connectivity index (χ4v) is 4.75. The highest BCUT2D eigenvalue weighted by Crippen LogP contribution is 2.24. The fourth-order valence-electron chi connectivity index (χ4n) is 4.75. The second-order valence-corrected chi connectivity index (χ2v) is 8.87. The van der Waals surface area contributed by atoms with Crippen molar-refractivity contribution in [1.82, 2.24) is 24.8 Å². The van der Waals surface area contributed by atoms with Gasteiger partial charge in [-0.1, -0.05) is 42.4 Å². The molecule has 4 rings (SSSR count). The molecule has 1 unspecified atom stereocenters. The summed E-state index contributed by atoms with van der Waals surface area (Å²) in [4.78, 5) is 37.1. The molecular weight excluding hydrogens is 406 g/mol. The van der Waals surface area contributed by atoms with Gasteiger partial charge in [-0.25, -0.2) is 0 Å². The lowest BCUT2D eigenvalue weighted by Gasteiger charge is -2.41. The second-order valence-electron chi connectivity index (χ2n) is 8.87. The van der Waals surface area contributed by atoms with E-state index in [1.165, 1.54) is 0 Å². The van der Waals surface area contributed by atoms with Crippen LogP contribution in [0.2, 0.25) is 0 Å². The summed E-state index contributed by atoms with van der Waals surface area (Å²) in [7, 11) is 0. The largest absolute Gasteiger partial charge is 0.339 e. The van der Waals surface area contributed by atoms with Crippen LogP contribution in [0.4, 0.5) is 0 Å². The molecule has 2 fully saturated rings. The van der Waals surface area contributed by atoms with Crippen molar-refractivity contribution in [3.05, 3.63) is 47.6 Å². The maximum absolute atomic E-state index is 13.5. The van der Waals surface area contributed by atoms with Crippen molar-refractivity contribution in [2.45, 2.75) is 52.1 Å². The molecule has 8 heteroatoms. The number of piperidine rings is 1. The standard InChI is InChI=1S/C24H33N5O3/c1-3-27-11-9-19(10-12-27)15-23(30)29-14-13-28(17-20-7-5-4-6-8-20)24(31)21(29)16-22-25-18(2)26-32-22/h4-8,19,21H,3,9-17H2,1-2H3. The molecule has 32 heavy (non-hydrogen) atoms. The smallest absolute Gasteiger partial charge is 0.246 e. The van der Waals surface area contributed by atoms with Gasteiger partial charge in [-0.05, 0) is 50.9 Å². The Bertz CT molecular complexity index is 907. The van der Waals surface area contributed by atoms with E-state index < -0.39 is 6.04 Å². The summed E-state index contributed by atoms with van der Waals surface area (Å²) in [5, 5.41) is 3.85. The molecule has 0 N–H and O–H groups in total. The van der Waals surface area contributed by atoms with Crippen LogP contribution in [0, 0.1) is 12.8 Å². The van der Waals surface area contributed by atoms with E-state index >= 15 is 0 Å². The van der Waals surface area contributed by atoms with Crippen LogP contribution in [0.5, 0.6) is 0 Å². The SMILES string of the molecule is CCN1CCC(CC(=O)N2CCN(Cc3ccccc3)C(=O)C2Cc2nc(C)no2)CC1. The minimum Gasteiger partial charge on any atom is -0.339 e. The van der Waals surface area contributed by atoms with Gasteiger partial charge in [0.2, 0.25) is 17.7 Å². The average Bonchev–Trinajstić information content (AvgIpc) is 3.22. The van der Waals surface area contributed by atoms with Crippen molar-refractivity contribution in [2.75, 3.05) is 32.7 Å². The molecule has 0 bridgehead atoms. The number of aromatic nitrogens is 2. The first-order valence-electron chi connectivity index (χ1n) is 11.7. The average molecular weight is 440 g/mol. The first kappa shape index (κ1) is 22.5. The molecule has 2 amide bonds. The van der Waals surface area contributed by atoms with Crippen LogP contribution in [0.15, 0.2) is 34.9 Å². The van der Waals surface area contributed by atoms with Gasteiger partial charge in [0.05, 0.1) is 6.42 Å². The molecule has 0 aliphatic carbocycles. The Morgan fingerprint density at radius 1 is 1.12 bits per heavy atom. The first-order valence-corrected chi connectivity index (χ1v) is 11.7. The Balaban J connectivity index is 1.46. The number of piperazine rings is 1. The van der Waals surface area contributed by atoms with Crippen molar-refractivity contribution < 1.29 is 14.1 Å². The fraction of sp³-hybridized carbons (Fsp3) is 0.583. The summed E-state index contributed by atoms with van der Waals surface area (Å²) in [5.41, 5.74) is 1.08. The summed E-state index contributed by atoms with van der Waals surface area (Å²) in [6.07, 6.45) is 2.83. The molecular formula is C24H33N5O3. The zero-order valence-corrected chi connectivity index (χ0v) is 19.1. The van der Waals surface area contributed by atoms with E-state index in [0.29, 0.717) is 43.7 Å². The molecule has 2 aliphatic heterocycles. The number of hydrogen-bond donors (Lipinski definition) is 0. The van der Waals surface area contributed by atoms with E-state index in [1.54, 1.807) is 11.8 Å². The van der Waals surface area contributed by atoms with Gasteiger partial charge < -0.3 is 19.2 Å². The zero-order chi connectivity index (χ0) is 22.5. The van der Waals surface area contributed by atoms with Gasteiger partial charge >= 0.3 is 0 Å². The Morgan fingerprint density at radius 2 is 1.88 bits per heavy atom. The lowest BCUT2D eigenvalue weighted by molar-refractivity contribution is -0.152. The molecule has 0 spiro atoms. The quantitative estimate of drug-likeness (QED) is 0.658. The van der Waals surface area contributed by atoms with Crippen LogP contribution in [0.1, 0.15) is 43.5 Å². The minimum atomic E-state index is -0.601. The molecule has 1 aromatic carbocycles. The number of aryl methyl sites for hydroxylation is 1. The molecule has 8 nitrogen and oxygen atoms in total. The molecule has 3 heterocycles. The van der Waals surface area contributed by atoms with E-state index in [0.717, 1.165) is 38.0 Å². The highest BCUT2D eigenvalue weighted by molar-refractivity contribution is 5.89. The molecule has 0 saturated carbocycles. The van der Waals surface area contributed by atoms with Crippen molar-refractivity contribution in [3.63, 3.8) is 0 Å². The molecule has 1 aromatic heterocycles. The summed E-state index contributed by atoms with van der Waals surface area (Å²) in [6, 6.07) is 9.35. The summed E-state index contributed by atoms with van der Waals surface area (Å²) < 4.78 is 5.30. The number of carbonyl (C=O) groups excluding carboxylic acids is 2. The maximum atomic E-state index is 13.5. The predicted octanol–water partition coefficient (Wildman–Crippen LogP) is 2.28. The highest BCUT2D eigenvalue weighted by Gasteiger charge is 2.39. The second kappa shape index (κ2) is 10.3. The molecule has 172 valence electrons. The van der Waals surface area contributed by atoms with Gasteiger partial charge in [-0.3, -0.25) is 9.59 Å². The van der Waals surface area contributed by atoms with E-state index in [-0.39, 0.29) is 18.2 Å². The number of benzene rings is 1. The van der Waals surface area contributed by atoms with Crippen LogP contribution in [0.3, 0.4) is 0 Å². The molecule has 2 aliphatic rings. The van der Waals surface area contributed by atoms with Gasteiger partial charge in [-0.2, -0.15) is 4.98 Å². The van der Waals surface area contributed by atoms with Gasteiger partial charge in [0.15, 0.2) is 5.82 Å². The molecule has 2 aromatic rings. The van der Waals surface area contributed by atoms with Gasteiger partial charge in [0.1, 0.15) is 6.04 Å². The van der Waals surface area contributed by atoms with E-state index in [9.17, 15) is 9.59 Å². The summed E-state index contributed by atoms with van der Waals surface area (Å²) in [5.74, 6) is 1.33. The van der Waals surface area contributed by atoms with Crippen LogP contribution < -0.4 is 0 Å². The zero-order valence-electron chi connectivity index (χ0n) is 19.1. The van der Waals surface area contributed by atoms with Crippen molar-refractivity contribution in [3.8, 4) is 0 Å². The Labute approximate surface area is 189 Å². The van der Waals surface area contributed by atoms with Crippen LogP contribution in [0.25, 0.3) is 0 Å². The Kier molecular flexibility index (Phi) is 7.19. The lowest BCUT2D eigenvalue weighted by Crippen LogP contribution is -2.59. The molecule has 1 atom stereocenters. The van der Waals surface area contributed by atoms with Gasteiger partial charge in [0, 0.05) is 26.1 Å². The summed E-state index contributed by atoms with van der Waals surface area (Å²) >= 11 is 0. The maximum Gasteiger partial charge on any atom is 0.246 e. The van der Waals surface area contributed by atoms with Crippen molar-refractivity contribution in [1.29, 1.82) is 0 Å². The first-order chi connectivity index (χ1) is 15.5. The third-order valence-electron chi connectivity index (χ3n) is 6.68. The van der Waals surface area contributed by atoms with Crippen LogP contribution in [-0.2, 0) is 22.6 Å². The van der Waals surface area contributed by atoms with Gasteiger partial charge in [0.25, 0.3) is 0 Å². The molecule has 0 radical (unpaired) electrons. The van der Waals surface area contributed by atoms with E-state index in [1.807, 2.05) is 35.2 Å². The van der Waals surface area contributed by atoms with Crippen LogP contribution >= 0.6 is 0 Å². The minimum absolute atomic E-state index is 0.0508.